The molecule has 2 rings (SSSR count). The Morgan fingerprint density at radius 3 is 1.97 bits per heavy atom. The van der Waals surface area contributed by atoms with E-state index in [0.717, 1.165) is 18.4 Å². The van der Waals surface area contributed by atoms with Crippen molar-refractivity contribution in [2.45, 2.75) is 105 Å². The summed E-state index contributed by atoms with van der Waals surface area (Å²) in [4.78, 5) is 18.6. The Hall–Kier alpha value is -1.98. The topological polar surface area (TPSA) is 63.1 Å². The molecule has 1 N–H and O–H groups in total. The molecule has 2 aromatic rings. The van der Waals surface area contributed by atoms with E-state index in [1.807, 2.05) is 0 Å². The number of hydrogen-bond donors (Lipinski definition) is 1. The number of halogens is 2. The van der Waals surface area contributed by atoms with Crippen LogP contribution in [-0.4, -0.2) is 20.9 Å². The summed E-state index contributed by atoms with van der Waals surface area (Å²) in [6.45, 7) is 10.4. The van der Waals surface area contributed by atoms with Crippen LogP contribution >= 0.6 is 0 Å². The third kappa shape index (κ3) is 12.8. The van der Waals surface area contributed by atoms with Crippen molar-refractivity contribution in [1.82, 2.24) is 9.97 Å². The molecule has 1 aromatic carbocycles. The van der Waals surface area contributed by atoms with Crippen molar-refractivity contribution in [3.8, 4) is 11.4 Å². The van der Waals surface area contributed by atoms with E-state index in [1.54, 1.807) is 33.2 Å². The first-order chi connectivity index (χ1) is 16.5. The van der Waals surface area contributed by atoms with Crippen LogP contribution in [-0.2, 0) is 36.7 Å². The second-order valence-corrected chi connectivity index (χ2v) is 9.99. The van der Waals surface area contributed by atoms with Gasteiger partial charge in [-0.05, 0) is 37.7 Å². The van der Waals surface area contributed by atoms with Gasteiger partial charge in [-0.3, -0.25) is 23.5 Å². The van der Waals surface area contributed by atoms with Gasteiger partial charge in [0.05, 0.1) is 11.6 Å². The van der Waals surface area contributed by atoms with Crippen molar-refractivity contribution in [3.05, 3.63) is 59.1 Å². The molecule has 36 heavy (non-hydrogen) atoms. The van der Waals surface area contributed by atoms with Gasteiger partial charge in [0, 0.05) is 50.2 Å². The number of aromatic nitrogens is 2. The van der Waals surface area contributed by atoms with E-state index < -0.39 is 17.0 Å². The Bertz CT molecular complexity index is 951. The van der Waals surface area contributed by atoms with Crippen LogP contribution in [0, 0.1) is 17.7 Å². The molecule has 0 fully saturated rings. The first-order valence-electron chi connectivity index (χ1n) is 12.6. The van der Waals surface area contributed by atoms with E-state index in [4.69, 9.17) is 5.11 Å². The molecule has 0 spiro atoms. The molecule has 1 aromatic heterocycles. The van der Waals surface area contributed by atoms with Gasteiger partial charge >= 0.3 is 0 Å². The number of allylic oxidation sites excluding steroid dienone is 2. The number of hydrogen-bond acceptors (Lipinski definition) is 4. The number of rotatable bonds is 11. The molecule has 0 aliphatic carbocycles. The summed E-state index contributed by atoms with van der Waals surface area (Å²) in [5, 5.41) is 8.36. The van der Waals surface area contributed by atoms with E-state index in [-0.39, 0.29) is 48.6 Å². The minimum Gasteiger partial charge on any atom is -0.512 e. The summed E-state index contributed by atoms with van der Waals surface area (Å²) in [7, 11) is 0. The largest absolute Gasteiger partial charge is 0.512 e. The van der Waals surface area contributed by atoms with Gasteiger partial charge in [-0.2, -0.15) is 0 Å². The van der Waals surface area contributed by atoms with E-state index in [0.29, 0.717) is 0 Å². The van der Waals surface area contributed by atoms with Crippen molar-refractivity contribution in [2.75, 3.05) is 0 Å². The molecule has 0 amide bonds. The van der Waals surface area contributed by atoms with Crippen LogP contribution in [0.25, 0.3) is 11.4 Å². The zero-order chi connectivity index (χ0) is 26.4. The molecule has 4 nitrogen and oxygen atoms in total. The summed E-state index contributed by atoms with van der Waals surface area (Å²) in [5.41, 5.74) is 0.584. The fourth-order valence-electron chi connectivity index (χ4n) is 3.72. The number of aliphatic hydroxyl groups is 1. The molecule has 0 atom stereocenters. The summed E-state index contributed by atoms with van der Waals surface area (Å²) >= 11 is 0. The minimum absolute atomic E-state index is 0. The minimum atomic E-state index is -0.644. The van der Waals surface area contributed by atoms with Crippen LogP contribution in [0.3, 0.4) is 0 Å². The van der Waals surface area contributed by atoms with Crippen LogP contribution in [0.5, 0.6) is 0 Å². The Morgan fingerprint density at radius 2 is 1.53 bits per heavy atom. The van der Waals surface area contributed by atoms with Crippen LogP contribution in [0.1, 0.15) is 104 Å². The Morgan fingerprint density at radius 1 is 1.00 bits per heavy atom. The molecule has 0 aliphatic rings. The second-order valence-electron chi connectivity index (χ2n) is 9.99. The standard InChI is InChI=1S/C24H33F2N2.C5H8O2.Ir/c1-5-6-7-8-9-10-11-12-13-18-16-27-23(28-17-18)19-14-15-20(25)21(22(19)26)24(2,3)4;1-4(6)3-5(2)7;/h15-17H,5-13H2,1-4H3;3,6H,1-2H3;/q-1;;. The molecule has 7 heteroatoms. The van der Waals surface area contributed by atoms with Gasteiger partial charge in [0.25, 0.3) is 0 Å². The Labute approximate surface area is 229 Å². The monoisotopic (exact) mass is 680 g/mol. The molecule has 203 valence electrons. The van der Waals surface area contributed by atoms with E-state index in [1.165, 1.54) is 70.9 Å². The number of benzene rings is 1. The fourth-order valence-corrected chi connectivity index (χ4v) is 3.72. The Kier molecular flexibility index (Phi) is 16.5. The van der Waals surface area contributed by atoms with Gasteiger partial charge in [0.2, 0.25) is 0 Å². The number of ketones is 1. The quantitative estimate of drug-likeness (QED) is 0.113. The van der Waals surface area contributed by atoms with E-state index in [9.17, 15) is 13.6 Å². The van der Waals surface area contributed by atoms with Crippen LogP contribution in [0.2, 0.25) is 0 Å². The summed E-state index contributed by atoms with van der Waals surface area (Å²) in [5.74, 6) is -1.02. The number of carbonyl (C=O) groups excluding carboxylic acids is 1. The normalized spacial score (nSPS) is 11.4. The SMILES string of the molecule is CC(=O)C=C(C)O.CCCCCCCCCCc1cnc(-c2[c-]cc(F)c(C(C)(C)C)c2F)nc1.[Ir]. The maximum atomic E-state index is 14.9. The number of aryl methyl sites for hydroxylation is 1. The van der Waals surface area contributed by atoms with Gasteiger partial charge in [0.1, 0.15) is 0 Å². The number of carbonyl (C=O) groups is 1. The molecule has 0 saturated heterocycles. The van der Waals surface area contributed by atoms with Gasteiger partial charge in [-0.1, -0.05) is 83.8 Å². The molecule has 1 heterocycles. The summed E-state index contributed by atoms with van der Waals surface area (Å²) in [6.07, 6.45) is 15.8. The average molecular weight is 680 g/mol. The predicted molar refractivity (Wildman–Crippen MR) is 138 cm³/mol. The van der Waals surface area contributed by atoms with Crippen molar-refractivity contribution < 1.29 is 38.8 Å². The number of nitrogens with zero attached hydrogens (tertiary/aromatic N) is 2. The van der Waals surface area contributed by atoms with Crippen molar-refractivity contribution >= 4 is 5.78 Å². The van der Waals surface area contributed by atoms with Gasteiger partial charge in [-0.15, -0.1) is 12.1 Å². The molecule has 0 aliphatic heterocycles. The van der Waals surface area contributed by atoms with Gasteiger partial charge in [-0.25, -0.2) is 0 Å². The summed E-state index contributed by atoms with van der Waals surface area (Å²) in [6, 6.07) is 3.84. The van der Waals surface area contributed by atoms with Crippen LogP contribution in [0.4, 0.5) is 8.78 Å². The molecule has 0 saturated carbocycles. The number of aliphatic hydroxyl groups excluding tert-OH is 1. The average Bonchev–Trinajstić information content (AvgIpc) is 2.75. The zero-order valence-corrected chi connectivity index (χ0v) is 24.9. The maximum absolute atomic E-state index is 14.9. The molecular weight excluding hydrogens is 639 g/mol. The third-order valence-electron chi connectivity index (χ3n) is 5.43. The predicted octanol–water partition coefficient (Wildman–Crippen LogP) is 8.24. The number of unbranched alkanes of at least 4 members (excludes halogenated alkanes) is 7. The summed E-state index contributed by atoms with van der Waals surface area (Å²) < 4.78 is 28.9. The molecule has 1 radical (unpaired) electrons. The van der Waals surface area contributed by atoms with Crippen LogP contribution < -0.4 is 0 Å². The van der Waals surface area contributed by atoms with Crippen molar-refractivity contribution in [3.63, 3.8) is 0 Å². The Balaban J connectivity index is 0.00000134. The molecular formula is C29H41F2IrN2O2-. The first kappa shape index (κ1) is 34.0. The van der Waals surface area contributed by atoms with Gasteiger partial charge < -0.3 is 5.11 Å². The smallest absolute Gasteiger partial charge is 0.155 e. The van der Waals surface area contributed by atoms with Crippen LogP contribution in [0.15, 0.2) is 30.3 Å². The third-order valence-corrected chi connectivity index (χ3v) is 5.43. The molecule has 0 unspecified atom stereocenters. The van der Waals surface area contributed by atoms with E-state index in [2.05, 4.69) is 23.0 Å². The van der Waals surface area contributed by atoms with E-state index >= 15 is 0 Å². The van der Waals surface area contributed by atoms with Crippen molar-refractivity contribution in [1.29, 1.82) is 0 Å². The molecule has 0 bridgehead atoms. The van der Waals surface area contributed by atoms with Gasteiger partial charge in [0.15, 0.2) is 5.78 Å². The first-order valence-corrected chi connectivity index (χ1v) is 12.6. The maximum Gasteiger partial charge on any atom is 0.155 e. The fraction of sp³-hybridized carbons (Fsp3) is 0.552. The zero-order valence-electron chi connectivity index (χ0n) is 22.5. The second kappa shape index (κ2) is 17.5. The van der Waals surface area contributed by atoms with Crippen molar-refractivity contribution in [2.24, 2.45) is 0 Å².